The third-order valence-corrected chi connectivity index (χ3v) is 7.05. The molecule has 1 aromatic carbocycles. The van der Waals surface area contributed by atoms with Crippen molar-refractivity contribution in [1.29, 1.82) is 5.26 Å². The molecule has 176 valence electrons. The molecule has 2 amide bonds. The molecule has 34 heavy (non-hydrogen) atoms. The molecule has 1 fully saturated rings. The van der Waals surface area contributed by atoms with E-state index in [1.54, 1.807) is 22.8 Å². The minimum absolute atomic E-state index is 0.0564. The number of nitrogens with zero attached hydrogens (tertiary/aromatic N) is 3. The first kappa shape index (κ1) is 23.7. The van der Waals surface area contributed by atoms with Crippen LogP contribution in [0.5, 0.6) is 0 Å². The van der Waals surface area contributed by atoms with Crippen LogP contribution in [0.2, 0.25) is 0 Å². The van der Waals surface area contributed by atoms with Gasteiger partial charge < -0.3 is 10.6 Å². The smallest absolute Gasteiger partial charge is 0.261 e. The van der Waals surface area contributed by atoms with Crippen LogP contribution in [0.15, 0.2) is 41.8 Å². The molecule has 3 aromatic rings. The summed E-state index contributed by atoms with van der Waals surface area (Å²) in [5.41, 5.74) is 2.41. The number of anilines is 1. The van der Waals surface area contributed by atoms with Gasteiger partial charge in [0.15, 0.2) is 0 Å². The molecular formula is C25H26FN5O2S. The van der Waals surface area contributed by atoms with Crippen LogP contribution in [0.4, 0.5) is 10.2 Å². The van der Waals surface area contributed by atoms with Crippen LogP contribution in [0.25, 0.3) is 5.69 Å². The zero-order chi connectivity index (χ0) is 24.2. The molecule has 1 aliphatic rings. The Hall–Kier alpha value is -3.48. The van der Waals surface area contributed by atoms with Crippen molar-refractivity contribution < 1.29 is 14.0 Å². The Bertz CT molecular complexity index is 1240. The lowest BCUT2D eigenvalue weighted by molar-refractivity contribution is -0.117. The molecule has 0 saturated carbocycles. The van der Waals surface area contributed by atoms with Gasteiger partial charge in [0, 0.05) is 24.8 Å². The Morgan fingerprint density at radius 3 is 2.62 bits per heavy atom. The minimum atomic E-state index is -0.395. The highest BCUT2D eigenvalue weighted by Gasteiger charge is 2.25. The number of carbonyl (C=O) groups excluding carboxylic acids is 2. The van der Waals surface area contributed by atoms with E-state index in [2.05, 4.69) is 16.7 Å². The van der Waals surface area contributed by atoms with Crippen LogP contribution in [0.3, 0.4) is 0 Å². The summed E-state index contributed by atoms with van der Waals surface area (Å²) in [5, 5.41) is 17.5. The summed E-state index contributed by atoms with van der Waals surface area (Å²) in [4.78, 5) is 27.9. The number of benzene rings is 1. The Morgan fingerprint density at radius 1 is 1.21 bits per heavy atom. The lowest BCUT2D eigenvalue weighted by Crippen LogP contribution is -2.46. The van der Waals surface area contributed by atoms with Crippen molar-refractivity contribution in [3.05, 3.63) is 69.3 Å². The Balaban J connectivity index is 1.40. The second-order valence-corrected chi connectivity index (χ2v) is 9.36. The molecule has 9 heteroatoms. The summed E-state index contributed by atoms with van der Waals surface area (Å²) in [5.74, 6) is -0.342. The van der Waals surface area contributed by atoms with E-state index in [9.17, 15) is 19.2 Å². The van der Waals surface area contributed by atoms with Crippen LogP contribution in [0, 0.1) is 31.0 Å². The summed E-state index contributed by atoms with van der Waals surface area (Å²) in [6.07, 6.45) is 1.51. The summed E-state index contributed by atoms with van der Waals surface area (Å²) in [6.45, 7) is 5.18. The van der Waals surface area contributed by atoms with Crippen molar-refractivity contribution >= 4 is 29.0 Å². The molecule has 7 nitrogen and oxygen atoms in total. The van der Waals surface area contributed by atoms with E-state index in [1.807, 2.05) is 30.2 Å². The van der Waals surface area contributed by atoms with E-state index in [1.165, 1.54) is 23.5 Å². The molecule has 0 bridgehead atoms. The van der Waals surface area contributed by atoms with Gasteiger partial charge in [-0.1, -0.05) is 12.1 Å². The number of nitrogens with one attached hydrogen (secondary N) is 2. The maximum absolute atomic E-state index is 13.9. The summed E-state index contributed by atoms with van der Waals surface area (Å²) in [7, 11) is 0. The summed E-state index contributed by atoms with van der Waals surface area (Å²) in [6, 6.07) is 12.0. The van der Waals surface area contributed by atoms with Crippen molar-refractivity contribution in [2.75, 3.05) is 25.0 Å². The number of hydrogen-bond donors (Lipinski definition) is 2. The topological polar surface area (TPSA) is 90.2 Å². The predicted octanol–water partition coefficient (Wildman–Crippen LogP) is 4.00. The first-order valence-corrected chi connectivity index (χ1v) is 12.0. The van der Waals surface area contributed by atoms with Gasteiger partial charge in [0.1, 0.15) is 17.7 Å². The van der Waals surface area contributed by atoms with E-state index in [0.717, 1.165) is 24.1 Å². The van der Waals surface area contributed by atoms with E-state index in [4.69, 9.17) is 0 Å². The van der Waals surface area contributed by atoms with E-state index in [0.29, 0.717) is 35.0 Å². The first-order chi connectivity index (χ1) is 16.4. The maximum atomic E-state index is 13.9. The molecule has 2 aromatic heterocycles. The first-order valence-electron chi connectivity index (χ1n) is 11.1. The van der Waals surface area contributed by atoms with Gasteiger partial charge in [0.2, 0.25) is 5.91 Å². The van der Waals surface area contributed by atoms with Gasteiger partial charge in [0.05, 0.1) is 22.7 Å². The Kier molecular flexibility index (Phi) is 7.10. The molecule has 1 saturated heterocycles. The second kappa shape index (κ2) is 10.2. The zero-order valence-corrected chi connectivity index (χ0v) is 19.9. The van der Waals surface area contributed by atoms with Crippen LogP contribution >= 0.6 is 11.3 Å². The zero-order valence-electron chi connectivity index (χ0n) is 19.1. The highest BCUT2D eigenvalue weighted by atomic mass is 32.1. The monoisotopic (exact) mass is 479 g/mol. The summed E-state index contributed by atoms with van der Waals surface area (Å²) < 4.78 is 15.6. The molecule has 0 aliphatic carbocycles. The van der Waals surface area contributed by atoms with Gasteiger partial charge in [-0.25, -0.2) is 4.39 Å². The van der Waals surface area contributed by atoms with Gasteiger partial charge >= 0.3 is 0 Å². The van der Waals surface area contributed by atoms with Crippen molar-refractivity contribution in [3.63, 3.8) is 0 Å². The predicted molar refractivity (Wildman–Crippen MR) is 130 cm³/mol. The summed E-state index contributed by atoms with van der Waals surface area (Å²) >= 11 is 1.41. The molecule has 2 N–H and O–H groups in total. The molecule has 0 spiro atoms. The number of amides is 2. The highest BCUT2D eigenvalue weighted by molar-refractivity contribution is 7.12. The van der Waals surface area contributed by atoms with Crippen molar-refractivity contribution in [2.45, 2.75) is 32.7 Å². The van der Waals surface area contributed by atoms with Gasteiger partial charge in [0.25, 0.3) is 5.91 Å². The number of thiophene rings is 1. The molecule has 1 aliphatic heterocycles. The van der Waals surface area contributed by atoms with Crippen molar-refractivity contribution in [2.24, 2.45) is 0 Å². The fourth-order valence-corrected chi connectivity index (χ4v) is 4.90. The number of halogens is 1. The molecule has 4 rings (SSSR count). The number of aromatic nitrogens is 1. The molecule has 3 heterocycles. The van der Waals surface area contributed by atoms with Gasteiger partial charge in [-0.05, 0) is 61.9 Å². The van der Waals surface area contributed by atoms with Gasteiger partial charge in [-0.15, -0.1) is 11.3 Å². The number of carbonyl (C=O) groups is 2. The fraction of sp³-hybridized carbons (Fsp3) is 0.320. The second-order valence-electron chi connectivity index (χ2n) is 8.41. The normalized spacial score (nSPS) is 14.5. The number of nitriles is 1. The van der Waals surface area contributed by atoms with Crippen LogP contribution < -0.4 is 10.6 Å². The average Bonchev–Trinajstić information content (AvgIpc) is 3.43. The lowest BCUT2D eigenvalue weighted by atomic mass is 10.0. The Labute approximate surface area is 201 Å². The largest absolute Gasteiger partial charge is 0.349 e. The van der Waals surface area contributed by atoms with E-state index >= 15 is 0 Å². The van der Waals surface area contributed by atoms with Crippen LogP contribution in [-0.4, -0.2) is 47.0 Å². The Morgan fingerprint density at radius 2 is 1.97 bits per heavy atom. The van der Waals surface area contributed by atoms with Crippen LogP contribution in [-0.2, 0) is 4.79 Å². The van der Waals surface area contributed by atoms with Gasteiger partial charge in [-0.2, -0.15) is 5.26 Å². The van der Waals surface area contributed by atoms with Crippen molar-refractivity contribution in [3.8, 4) is 11.8 Å². The van der Waals surface area contributed by atoms with Crippen molar-refractivity contribution in [1.82, 2.24) is 14.8 Å². The number of rotatable bonds is 6. The molecule has 0 unspecified atom stereocenters. The third kappa shape index (κ3) is 5.03. The molecular weight excluding hydrogens is 453 g/mol. The SMILES string of the molecule is Cc1c(C#N)c(NC(=O)CN2CCC(NC(=O)c3cccs3)CC2)n(-c2cccc(F)c2)c1C. The average molecular weight is 480 g/mol. The molecule has 0 radical (unpaired) electrons. The van der Waals surface area contributed by atoms with E-state index in [-0.39, 0.29) is 24.4 Å². The highest BCUT2D eigenvalue weighted by Crippen LogP contribution is 2.30. The minimum Gasteiger partial charge on any atom is -0.349 e. The van der Waals surface area contributed by atoms with Crippen LogP contribution in [0.1, 0.15) is 39.3 Å². The number of hydrogen-bond acceptors (Lipinski definition) is 5. The quantitative estimate of drug-likeness (QED) is 0.559. The third-order valence-electron chi connectivity index (χ3n) is 6.18. The molecule has 0 atom stereocenters. The number of likely N-dealkylation sites (tertiary alicyclic amines) is 1. The standard InChI is InChI=1S/C25H26FN5O2S/c1-16-17(2)31(20-6-3-5-18(26)13-20)24(21(16)14-27)29-23(32)15-30-10-8-19(9-11-30)28-25(33)22-7-4-12-34-22/h3-7,12-13,19H,8-11,15H2,1-2H3,(H,28,33)(H,29,32). The lowest BCUT2D eigenvalue weighted by Gasteiger charge is -2.31. The fourth-order valence-electron chi connectivity index (χ4n) is 4.27. The van der Waals surface area contributed by atoms with E-state index < -0.39 is 5.82 Å². The van der Waals surface area contributed by atoms with Gasteiger partial charge in [-0.3, -0.25) is 19.1 Å². The number of piperidine rings is 1. The maximum Gasteiger partial charge on any atom is 0.261 e.